The molecule has 1 aromatic rings. The van der Waals surface area contributed by atoms with Gasteiger partial charge in [0.15, 0.2) is 0 Å². The summed E-state index contributed by atoms with van der Waals surface area (Å²) in [5.74, 6) is 0. The molecule has 0 bridgehead atoms. The minimum atomic E-state index is -0.0374. The average Bonchev–Trinajstić information content (AvgIpc) is 2.44. The quantitative estimate of drug-likeness (QED) is 0.615. The maximum absolute atomic E-state index is 3.99. The second-order valence-electron chi connectivity index (χ2n) is 3.71. The second kappa shape index (κ2) is 3.85. The van der Waals surface area contributed by atoms with E-state index in [2.05, 4.69) is 44.2 Å². The molecule has 0 aliphatic heterocycles. The van der Waals surface area contributed by atoms with E-state index in [1.165, 1.54) is 5.56 Å². The lowest BCUT2D eigenvalue weighted by atomic mass is 10.1. The highest BCUT2D eigenvalue weighted by Crippen LogP contribution is 2.35. The monoisotopic (exact) mass is 181 g/mol. The predicted octanol–water partition coefficient (Wildman–Crippen LogP) is 3.10. The molecule has 0 spiro atoms. The summed E-state index contributed by atoms with van der Waals surface area (Å²) < 4.78 is 1.93. The zero-order valence-corrected chi connectivity index (χ0v) is 9.50. The van der Waals surface area contributed by atoms with E-state index >= 15 is 0 Å². The molecular formula is C12H13Mg. The number of fused-ring (bicyclic) bond motifs is 1. The van der Waals surface area contributed by atoms with Gasteiger partial charge in [-0.25, -0.2) is 0 Å². The first-order valence-electron chi connectivity index (χ1n) is 4.89. The van der Waals surface area contributed by atoms with Crippen LogP contribution in [0.3, 0.4) is 0 Å². The molecule has 0 heterocycles. The van der Waals surface area contributed by atoms with Crippen molar-refractivity contribution in [2.75, 3.05) is 0 Å². The first-order chi connectivity index (χ1) is 6.33. The molecule has 13 heavy (non-hydrogen) atoms. The van der Waals surface area contributed by atoms with Crippen LogP contribution < -0.4 is 0 Å². The number of allylic oxidation sites excluding steroid dienone is 1. The lowest BCUT2D eigenvalue weighted by molar-refractivity contribution is 1.12. The molecule has 0 saturated heterocycles. The van der Waals surface area contributed by atoms with Crippen LogP contribution in [-0.4, -0.2) is 20.4 Å². The minimum absolute atomic E-state index is 0.0374. The van der Waals surface area contributed by atoms with Crippen LogP contribution in [0, 0.1) is 6.92 Å². The molecule has 1 unspecified atom stereocenters. The van der Waals surface area contributed by atoms with Crippen LogP contribution in [0.5, 0.6) is 0 Å². The van der Waals surface area contributed by atoms with Crippen molar-refractivity contribution in [3.05, 3.63) is 47.9 Å². The van der Waals surface area contributed by atoms with Gasteiger partial charge < -0.3 is 0 Å². The van der Waals surface area contributed by atoms with Crippen molar-refractivity contribution in [3.8, 4) is 0 Å². The maximum atomic E-state index is 3.99. The highest BCUT2D eigenvalue weighted by atomic mass is 24.5. The third kappa shape index (κ3) is 1.68. The smallest absolute Gasteiger partial charge is 0.144 e. The summed E-state index contributed by atoms with van der Waals surface area (Å²) in [6.07, 6.45) is 2.34. The standard InChI is InChI=1S/C10H9.C2H4.Mg/c1-8-6-9-4-2-3-5-10(9)7-8;1-2;/h2-7H,1H3;1-2H2;. The predicted molar refractivity (Wildman–Crippen MR) is 58.8 cm³/mol. The number of benzene rings is 1. The van der Waals surface area contributed by atoms with Gasteiger partial charge in [0, 0.05) is 0 Å². The van der Waals surface area contributed by atoms with Crippen molar-refractivity contribution in [2.45, 2.75) is 15.5 Å². The summed E-state index contributed by atoms with van der Waals surface area (Å²) in [5, 5.41) is 0. The lowest BCUT2D eigenvalue weighted by Gasteiger charge is -2.11. The van der Waals surface area contributed by atoms with E-state index in [0.29, 0.717) is 0 Å². The molecule has 1 heteroatoms. The minimum Gasteiger partial charge on any atom is -0.144 e. The van der Waals surface area contributed by atoms with E-state index in [9.17, 15) is 0 Å². The number of hydrogen-bond acceptors (Lipinski definition) is 0. The van der Waals surface area contributed by atoms with Crippen LogP contribution >= 0.6 is 0 Å². The maximum Gasteiger partial charge on any atom is 0.382 e. The zero-order valence-electron chi connectivity index (χ0n) is 8.09. The number of hydrogen-bond donors (Lipinski definition) is 0. The Morgan fingerprint density at radius 3 is 2.92 bits per heavy atom. The Balaban J connectivity index is 2.37. The average molecular weight is 182 g/mol. The van der Waals surface area contributed by atoms with Gasteiger partial charge in [0.1, 0.15) is 0 Å². The molecule has 1 atom stereocenters. The zero-order chi connectivity index (χ0) is 9.26. The Labute approximate surface area is 89.8 Å². The number of rotatable bonds is 2. The molecule has 2 rings (SSSR count). The summed E-state index contributed by atoms with van der Waals surface area (Å²) in [6, 6.07) is 8.76. The summed E-state index contributed by atoms with van der Waals surface area (Å²) >= 11 is -0.0374. The van der Waals surface area contributed by atoms with Crippen molar-refractivity contribution in [1.82, 2.24) is 0 Å². The Hall–Kier alpha value is -0.274. The van der Waals surface area contributed by atoms with Crippen LogP contribution in [0.1, 0.15) is 22.1 Å². The van der Waals surface area contributed by atoms with Crippen LogP contribution in [-0.2, 0) is 0 Å². The third-order valence-corrected chi connectivity index (χ3v) is 4.87. The van der Waals surface area contributed by atoms with Crippen LogP contribution in [0.15, 0.2) is 29.8 Å². The highest BCUT2D eigenvalue weighted by molar-refractivity contribution is 6.40. The summed E-state index contributed by atoms with van der Waals surface area (Å²) in [5.41, 5.74) is 4.54. The fourth-order valence-electron chi connectivity index (χ4n) is 2.14. The summed E-state index contributed by atoms with van der Waals surface area (Å²) in [6.45, 7) is 6.25. The molecule has 0 N–H and O–H groups in total. The van der Waals surface area contributed by atoms with Gasteiger partial charge in [-0.05, 0) is 12.5 Å². The largest absolute Gasteiger partial charge is 0.382 e. The highest BCUT2D eigenvalue weighted by Gasteiger charge is 2.21. The molecular weight excluding hydrogens is 168 g/mol. The van der Waals surface area contributed by atoms with Gasteiger partial charge in [0.25, 0.3) is 0 Å². The Bertz CT molecular complexity index is 339. The Morgan fingerprint density at radius 1 is 1.38 bits per heavy atom. The van der Waals surface area contributed by atoms with E-state index in [1.807, 2.05) is 0 Å². The molecule has 0 fully saturated rings. The van der Waals surface area contributed by atoms with Crippen LogP contribution in [0.2, 0.25) is 4.55 Å². The first kappa shape index (κ1) is 9.29. The van der Waals surface area contributed by atoms with Gasteiger partial charge in [-0.1, -0.05) is 52.4 Å². The van der Waals surface area contributed by atoms with Crippen molar-refractivity contribution in [3.63, 3.8) is 0 Å². The van der Waals surface area contributed by atoms with Crippen LogP contribution in [0.4, 0.5) is 0 Å². The molecule has 1 aliphatic rings. The van der Waals surface area contributed by atoms with E-state index in [-0.39, 0.29) is 20.4 Å². The molecule has 63 valence electrons. The van der Waals surface area contributed by atoms with Gasteiger partial charge in [-0.3, -0.25) is 0 Å². The van der Waals surface area contributed by atoms with Gasteiger partial charge in [-0.15, -0.1) is 4.55 Å². The molecule has 1 aliphatic carbocycles. The summed E-state index contributed by atoms with van der Waals surface area (Å²) in [7, 11) is 0. The van der Waals surface area contributed by atoms with Crippen molar-refractivity contribution < 1.29 is 0 Å². The lowest BCUT2D eigenvalue weighted by Crippen LogP contribution is -2.05. The Kier molecular flexibility index (Phi) is 2.75. The van der Waals surface area contributed by atoms with Gasteiger partial charge >= 0.3 is 20.4 Å². The van der Waals surface area contributed by atoms with Crippen LogP contribution in [0.25, 0.3) is 6.08 Å². The SMILES string of the molecule is [CH2][CH2][Mg][CH]1C(C)=Cc2ccccc21. The third-order valence-electron chi connectivity index (χ3n) is 2.80. The molecule has 0 saturated carbocycles. The molecule has 1 aromatic carbocycles. The molecule has 0 nitrogen and oxygen atoms in total. The fourth-order valence-corrected chi connectivity index (χ4v) is 3.80. The van der Waals surface area contributed by atoms with E-state index in [4.69, 9.17) is 0 Å². The molecule has 1 radical (unpaired) electrons. The van der Waals surface area contributed by atoms with E-state index in [1.54, 1.807) is 11.1 Å². The van der Waals surface area contributed by atoms with Gasteiger partial charge in [0.2, 0.25) is 0 Å². The Morgan fingerprint density at radius 2 is 2.15 bits per heavy atom. The molecule has 0 aromatic heterocycles. The van der Waals surface area contributed by atoms with Gasteiger partial charge in [-0.2, -0.15) is 0 Å². The normalized spacial score (nSPS) is 19.2. The molecule has 0 amide bonds. The van der Waals surface area contributed by atoms with E-state index < -0.39 is 0 Å². The fraction of sp³-hybridized carbons (Fsp3) is 0.250. The van der Waals surface area contributed by atoms with Gasteiger partial charge in [0.05, 0.1) is 0 Å². The van der Waals surface area contributed by atoms with Crippen molar-refractivity contribution in [1.29, 1.82) is 0 Å². The topological polar surface area (TPSA) is 0 Å². The first-order valence-corrected chi connectivity index (χ1v) is 6.71. The van der Waals surface area contributed by atoms with Crippen molar-refractivity contribution in [2.24, 2.45) is 0 Å². The second-order valence-corrected chi connectivity index (χ2v) is 5.81. The summed E-state index contributed by atoms with van der Waals surface area (Å²) in [4.78, 5) is 0. The van der Waals surface area contributed by atoms with E-state index in [0.717, 1.165) is 8.60 Å². The van der Waals surface area contributed by atoms with Crippen molar-refractivity contribution >= 4 is 26.4 Å².